The zero-order chi connectivity index (χ0) is 22.5. The third kappa shape index (κ3) is 3.84. The molecule has 2 atom stereocenters. The van der Waals surface area contributed by atoms with E-state index in [0.717, 1.165) is 42.0 Å². The van der Waals surface area contributed by atoms with Gasteiger partial charge in [0.1, 0.15) is 12.2 Å². The van der Waals surface area contributed by atoms with E-state index in [0.29, 0.717) is 35.4 Å². The number of ether oxygens (including phenoxy) is 1. The predicted octanol–water partition coefficient (Wildman–Crippen LogP) is 4.36. The highest BCUT2D eigenvalue weighted by Gasteiger charge is 2.32. The molecule has 3 aromatic rings. The van der Waals surface area contributed by atoms with E-state index in [-0.39, 0.29) is 12.2 Å². The molecule has 0 radical (unpaired) electrons. The summed E-state index contributed by atoms with van der Waals surface area (Å²) in [6.07, 6.45) is 11.2. The first kappa shape index (κ1) is 20.5. The van der Waals surface area contributed by atoms with Crippen molar-refractivity contribution in [1.29, 1.82) is 5.26 Å². The highest BCUT2D eigenvalue weighted by molar-refractivity contribution is 5.81. The number of fused-ring (bicyclic) bond motifs is 1. The molecule has 2 aliphatic carbocycles. The molecule has 2 saturated carbocycles. The van der Waals surface area contributed by atoms with E-state index < -0.39 is 0 Å². The van der Waals surface area contributed by atoms with Crippen molar-refractivity contribution in [2.24, 2.45) is 0 Å². The molecule has 0 spiro atoms. The van der Waals surface area contributed by atoms with Crippen molar-refractivity contribution in [1.82, 2.24) is 24.7 Å². The summed E-state index contributed by atoms with van der Waals surface area (Å²) in [5.74, 6) is 1.12. The zero-order valence-corrected chi connectivity index (χ0v) is 19.2. The standard InChI is InChI=1S/C25H29N7O/c1-15-12-31(14-22(33-15)19-11-27-32(13-19)20-7-8-20)25-29-23(17-5-3-4-6-17)21-9-18(10-26)16(2)28-24(21)30-25/h9,11,13,15,17,20,22H,3-8,12,14H2,1-2H3/t15-,22-/m1/s1. The number of morpholine rings is 1. The molecule has 33 heavy (non-hydrogen) atoms. The van der Waals surface area contributed by atoms with E-state index >= 15 is 0 Å². The number of anilines is 1. The molecule has 8 heteroatoms. The lowest BCUT2D eigenvalue weighted by Crippen LogP contribution is -2.43. The van der Waals surface area contributed by atoms with Gasteiger partial charge in [-0.05, 0) is 45.6 Å². The van der Waals surface area contributed by atoms with Crippen LogP contribution in [0.3, 0.4) is 0 Å². The summed E-state index contributed by atoms with van der Waals surface area (Å²) in [5.41, 5.74) is 4.17. The Bertz CT molecular complexity index is 1240. The molecule has 170 valence electrons. The summed E-state index contributed by atoms with van der Waals surface area (Å²) in [6.45, 7) is 5.40. The second-order valence-corrected chi connectivity index (χ2v) is 9.82. The Hall–Kier alpha value is -3.05. The second kappa shape index (κ2) is 8.07. The van der Waals surface area contributed by atoms with Gasteiger partial charge in [-0.15, -0.1) is 0 Å². The van der Waals surface area contributed by atoms with Crippen LogP contribution in [-0.2, 0) is 4.74 Å². The minimum absolute atomic E-state index is 0.0536. The van der Waals surface area contributed by atoms with Gasteiger partial charge in [0.2, 0.25) is 5.95 Å². The van der Waals surface area contributed by atoms with Gasteiger partial charge in [-0.25, -0.2) is 9.97 Å². The molecule has 0 amide bonds. The summed E-state index contributed by atoms with van der Waals surface area (Å²) in [5, 5.41) is 15.0. The first-order valence-corrected chi connectivity index (χ1v) is 12.1. The third-order valence-corrected chi connectivity index (χ3v) is 7.21. The summed E-state index contributed by atoms with van der Waals surface area (Å²) >= 11 is 0. The molecule has 0 N–H and O–H groups in total. The van der Waals surface area contributed by atoms with Crippen LogP contribution in [-0.4, -0.2) is 43.9 Å². The van der Waals surface area contributed by atoms with Gasteiger partial charge in [0.25, 0.3) is 0 Å². The van der Waals surface area contributed by atoms with Crippen LogP contribution in [0.5, 0.6) is 0 Å². The average Bonchev–Trinajstić information content (AvgIpc) is 3.31. The molecular formula is C25H29N7O. The lowest BCUT2D eigenvalue weighted by atomic mass is 9.99. The summed E-state index contributed by atoms with van der Waals surface area (Å²) in [6, 6.07) is 4.77. The van der Waals surface area contributed by atoms with Gasteiger partial charge in [0, 0.05) is 29.6 Å². The largest absolute Gasteiger partial charge is 0.367 e. The molecule has 3 fully saturated rings. The van der Waals surface area contributed by atoms with Gasteiger partial charge in [-0.1, -0.05) is 12.8 Å². The van der Waals surface area contributed by atoms with Crippen LogP contribution < -0.4 is 4.90 Å². The third-order valence-electron chi connectivity index (χ3n) is 7.21. The van der Waals surface area contributed by atoms with Crippen LogP contribution in [0, 0.1) is 18.3 Å². The SMILES string of the molecule is Cc1nc2nc(N3C[C@@H](C)O[C@@H](c4cnn(C5CC5)c4)C3)nc(C3CCCC3)c2cc1C#N. The fourth-order valence-electron chi connectivity index (χ4n) is 5.28. The predicted molar refractivity (Wildman–Crippen MR) is 124 cm³/mol. The normalized spacial score (nSPS) is 23.8. The first-order chi connectivity index (χ1) is 16.1. The fraction of sp³-hybridized carbons (Fsp3) is 0.560. The number of hydrogen-bond donors (Lipinski definition) is 0. The van der Waals surface area contributed by atoms with E-state index in [1.807, 2.05) is 19.2 Å². The number of aryl methyl sites for hydroxylation is 1. The van der Waals surface area contributed by atoms with Crippen molar-refractivity contribution in [3.05, 3.63) is 41.0 Å². The van der Waals surface area contributed by atoms with E-state index in [1.165, 1.54) is 25.7 Å². The molecule has 8 nitrogen and oxygen atoms in total. The second-order valence-electron chi connectivity index (χ2n) is 9.82. The van der Waals surface area contributed by atoms with Crippen LogP contribution in [0.15, 0.2) is 18.5 Å². The van der Waals surface area contributed by atoms with Gasteiger partial charge in [-0.2, -0.15) is 15.3 Å². The Morgan fingerprint density at radius 2 is 1.91 bits per heavy atom. The van der Waals surface area contributed by atoms with Crippen molar-refractivity contribution < 1.29 is 4.74 Å². The molecule has 1 saturated heterocycles. The van der Waals surface area contributed by atoms with Crippen molar-refractivity contribution in [2.45, 2.75) is 76.5 Å². The Morgan fingerprint density at radius 3 is 2.67 bits per heavy atom. The number of pyridine rings is 1. The molecule has 3 aromatic heterocycles. The minimum atomic E-state index is -0.0638. The molecule has 6 rings (SSSR count). The first-order valence-electron chi connectivity index (χ1n) is 12.1. The van der Waals surface area contributed by atoms with Gasteiger partial charge in [0.05, 0.1) is 41.8 Å². The smallest absolute Gasteiger partial charge is 0.227 e. The topological polar surface area (TPSA) is 92.8 Å². The van der Waals surface area contributed by atoms with E-state index in [2.05, 4.69) is 33.9 Å². The summed E-state index contributed by atoms with van der Waals surface area (Å²) in [4.78, 5) is 16.9. The maximum absolute atomic E-state index is 9.54. The van der Waals surface area contributed by atoms with Crippen molar-refractivity contribution in [3.8, 4) is 6.07 Å². The van der Waals surface area contributed by atoms with Crippen molar-refractivity contribution >= 4 is 17.0 Å². The number of rotatable bonds is 4. The zero-order valence-electron chi connectivity index (χ0n) is 19.2. The average molecular weight is 444 g/mol. The Morgan fingerprint density at radius 1 is 1.09 bits per heavy atom. The van der Waals surface area contributed by atoms with Crippen LogP contribution in [0.4, 0.5) is 5.95 Å². The molecule has 4 heterocycles. The highest BCUT2D eigenvalue weighted by Crippen LogP contribution is 2.38. The van der Waals surface area contributed by atoms with Gasteiger partial charge >= 0.3 is 0 Å². The van der Waals surface area contributed by atoms with Crippen LogP contribution in [0.1, 0.15) is 86.0 Å². The molecular weight excluding hydrogens is 414 g/mol. The number of hydrogen-bond acceptors (Lipinski definition) is 7. The lowest BCUT2D eigenvalue weighted by molar-refractivity contribution is -0.0179. The van der Waals surface area contributed by atoms with Crippen LogP contribution >= 0.6 is 0 Å². The maximum Gasteiger partial charge on any atom is 0.227 e. The maximum atomic E-state index is 9.54. The van der Waals surface area contributed by atoms with Crippen molar-refractivity contribution in [2.75, 3.05) is 18.0 Å². The van der Waals surface area contributed by atoms with E-state index in [4.69, 9.17) is 19.7 Å². The van der Waals surface area contributed by atoms with Crippen molar-refractivity contribution in [3.63, 3.8) is 0 Å². The van der Waals surface area contributed by atoms with Gasteiger partial charge in [-0.3, -0.25) is 4.68 Å². The van der Waals surface area contributed by atoms with Crippen LogP contribution in [0.2, 0.25) is 0 Å². The number of nitrogens with zero attached hydrogens (tertiary/aromatic N) is 7. The molecule has 0 aromatic carbocycles. The molecule has 0 unspecified atom stereocenters. The molecule has 1 aliphatic heterocycles. The van der Waals surface area contributed by atoms with Gasteiger partial charge in [0.15, 0.2) is 5.65 Å². The number of aromatic nitrogens is 5. The fourth-order valence-corrected chi connectivity index (χ4v) is 5.28. The monoisotopic (exact) mass is 443 g/mol. The lowest BCUT2D eigenvalue weighted by Gasteiger charge is -2.36. The molecule has 3 aliphatic rings. The van der Waals surface area contributed by atoms with Gasteiger partial charge < -0.3 is 9.64 Å². The Labute approximate surface area is 193 Å². The molecule has 0 bridgehead atoms. The Balaban J connectivity index is 1.38. The summed E-state index contributed by atoms with van der Waals surface area (Å²) < 4.78 is 8.38. The minimum Gasteiger partial charge on any atom is -0.367 e. The summed E-state index contributed by atoms with van der Waals surface area (Å²) in [7, 11) is 0. The van der Waals surface area contributed by atoms with Crippen LogP contribution in [0.25, 0.3) is 11.0 Å². The Kier molecular flexibility index (Phi) is 5.02. The van der Waals surface area contributed by atoms with E-state index in [1.54, 1.807) is 0 Å². The number of nitriles is 1. The van der Waals surface area contributed by atoms with E-state index in [9.17, 15) is 5.26 Å². The highest BCUT2D eigenvalue weighted by atomic mass is 16.5. The quantitative estimate of drug-likeness (QED) is 0.591.